The third-order valence-corrected chi connectivity index (χ3v) is 4.38. The van der Waals surface area contributed by atoms with Gasteiger partial charge in [-0.05, 0) is 5.56 Å². The highest BCUT2D eigenvalue weighted by atomic mass is 32.2. The van der Waals surface area contributed by atoms with Crippen molar-refractivity contribution in [1.82, 2.24) is 0 Å². The molecule has 5 heteroatoms. The van der Waals surface area contributed by atoms with Gasteiger partial charge in [0.25, 0.3) is 0 Å². The molecule has 0 spiro atoms. The predicted molar refractivity (Wildman–Crippen MR) is 68.2 cm³/mol. The van der Waals surface area contributed by atoms with Gasteiger partial charge in [0.15, 0.2) is 9.84 Å². The lowest BCUT2D eigenvalue weighted by atomic mass is 10.2. The van der Waals surface area contributed by atoms with Gasteiger partial charge in [-0.1, -0.05) is 36.4 Å². The number of dihydropyridines is 1. The lowest BCUT2D eigenvalue weighted by Crippen LogP contribution is -2.28. The second-order valence-electron chi connectivity index (χ2n) is 3.86. The standard InChI is InChI=1S/C12H14N2O2S/c13-12-11(7-4-8-14-12)17(15,16)9-10-5-2-1-3-6-10/h1-3,5-8,12H,4,9,13H2. The van der Waals surface area contributed by atoms with E-state index in [1.54, 1.807) is 24.4 Å². The summed E-state index contributed by atoms with van der Waals surface area (Å²) < 4.78 is 24.3. The Labute approximate surface area is 101 Å². The highest BCUT2D eigenvalue weighted by Gasteiger charge is 2.24. The summed E-state index contributed by atoms with van der Waals surface area (Å²) in [7, 11) is -3.36. The molecule has 0 radical (unpaired) electrons. The van der Waals surface area contributed by atoms with E-state index in [0.717, 1.165) is 5.56 Å². The minimum Gasteiger partial charge on any atom is -0.305 e. The predicted octanol–water partition coefficient (Wildman–Crippen LogP) is 1.24. The number of nitrogens with zero attached hydrogens (tertiary/aromatic N) is 1. The molecule has 1 aromatic rings. The highest BCUT2D eigenvalue weighted by molar-refractivity contribution is 7.94. The summed E-state index contributed by atoms with van der Waals surface area (Å²) in [6, 6.07) is 9.06. The number of nitrogens with two attached hydrogens (primary N) is 1. The average molecular weight is 250 g/mol. The molecule has 2 rings (SSSR count). The Hall–Kier alpha value is -1.46. The first-order valence-electron chi connectivity index (χ1n) is 5.33. The molecule has 0 fully saturated rings. The van der Waals surface area contributed by atoms with Crippen LogP contribution in [0.25, 0.3) is 0 Å². The normalized spacial score (nSPS) is 20.1. The molecule has 0 saturated heterocycles. The van der Waals surface area contributed by atoms with E-state index in [1.165, 1.54) is 0 Å². The smallest absolute Gasteiger partial charge is 0.181 e. The second-order valence-corrected chi connectivity index (χ2v) is 5.85. The van der Waals surface area contributed by atoms with Crippen LogP contribution >= 0.6 is 0 Å². The van der Waals surface area contributed by atoms with Gasteiger partial charge in [0.2, 0.25) is 0 Å². The maximum atomic E-state index is 12.1. The molecule has 90 valence electrons. The van der Waals surface area contributed by atoms with Gasteiger partial charge in [0.05, 0.1) is 10.7 Å². The maximum Gasteiger partial charge on any atom is 0.181 e. The molecule has 1 heterocycles. The van der Waals surface area contributed by atoms with Crippen molar-refractivity contribution in [2.24, 2.45) is 10.7 Å². The van der Waals surface area contributed by atoms with Gasteiger partial charge >= 0.3 is 0 Å². The van der Waals surface area contributed by atoms with E-state index in [0.29, 0.717) is 6.42 Å². The monoisotopic (exact) mass is 250 g/mol. The summed E-state index contributed by atoms with van der Waals surface area (Å²) in [6.45, 7) is 0. The largest absolute Gasteiger partial charge is 0.305 e. The van der Waals surface area contributed by atoms with E-state index in [1.807, 2.05) is 18.2 Å². The summed E-state index contributed by atoms with van der Waals surface area (Å²) in [4.78, 5) is 4.15. The third kappa shape index (κ3) is 2.81. The zero-order chi connectivity index (χ0) is 12.3. The van der Waals surface area contributed by atoms with Crippen LogP contribution in [0.1, 0.15) is 12.0 Å². The number of sulfone groups is 1. The minimum atomic E-state index is -3.36. The second kappa shape index (κ2) is 4.81. The Balaban J connectivity index is 2.23. The number of aliphatic imine (C=N–C) groups is 1. The first kappa shape index (κ1) is 12.0. The lowest BCUT2D eigenvalue weighted by Gasteiger charge is -2.15. The molecule has 0 aromatic heterocycles. The Morgan fingerprint density at radius 2 is 2.00 bits per heavy atom. The van der Waals surface area contributed by atoms with E-state index in [4.69, 9.17) is 5.73 Å². The summed E-state index contributed by atoms with van der Waals surface area (Å²) >= 11 is 0. The van der Waals surface area contributed by atoms with E-state index >= 15 is 0 Å². The van der Waals surface area contributed by atoms with Crippen molar-refractivity contribution < 1.29 is 8.42 Å². The molecule has 1 atom stereocenters. The Bertz CT molecular complexity index is 547. The van der Waals surface area contributed by atoms with Crippen molar-refractivity contribution in [2.75, 3.05) is 0 Å². The fourth-order valence-electron chi connectivity index (χ4n) is 1.73. The third-order valence-electron chi connectivity index (χ3n) is 2.54. The molecular formula is C12H14N2O2S. The Kier molecular flexibility index (Phi) is 3.40. The molecular weight excluding hydrogens is 236 g/mol. The quantitative estimate of drug-likeness (QED) is 0.877. The number of allylic oxidation sites excluding steroid dienone is 1. The number of hydrogen-bond donors (Lipinski definition) is 1. The summed E-state index contributed by atoms with van der Waals surface area (Å²) in [5, 5.41) is 0. The van der Waals surface area contributed by atoms with E-state index < -0.39 is 16.0 Å². The molecule has 1 aliphatic rings. The van der Waals surface area contributed by atoms with Crippen LogP contribution in [0.2, 0.25) is 0 Å². The van der Waals surface area contributed by atoms with Gasteiger partial charge in [-0.15, -0.1) is 0 Å². The molecule has 4 nitrogen and oxygen atoms in total. The molecule has 17 heavy (non-hydrogen) atoms. The van der Waals surface area contributed by atoms with E-state index in [9.17, 15) is 8.42 Å². The zero-order valence-corrected chi connectivity index (χ0v) is 10.1. The first-order valence-corrected chi connectivity index (χ1v) is 6.99. The van der Waals surface area contributed by atoms with Gasteiger partial charge in [0, 0.05) is 12.6 Å². The molecule has 1 unspecified atom stereocenters. The molecule has 0 bridgehead atoms. The molecule has 1 aromatic carbocycles. The van der Waals surface area contributed by atoms with E-state index in [2.05, 4.69) is 4.99 Å². The number of benzene rings is 1. The average Bonchev–Trinajstić information content (AvgIpc) is 2.30. The van der Waals surface area contributed by atoms with Crippen molar-refractivity contribution in [2.45, 2.75) is 18.3 Å². The van der Waals surface area contributed by atoms with Crippen molar-refractivity contribution in [1.29, 1.82) is 0 Å². The van der Waals surface area contributed by atoms with Crippen LogP contribution in [-0.2, 0) is 15.6 Å². The molecule has 0 saturated carbocycles. The van der Waals surface area contributed by atoms with Crippen LogP contribution < -0.4 is 5.73 Å². The molecule has 0 amide bonds. The minimum absolute atomic E-state index is 0.0249. The zero-order valence-electron chi connectivity index (χ0n) is 9.28. The van der Waals surface area contributed by atoms with Crippen LogP contribution in [0.5, 0.6) is 0 Å². The molecule has 1 aliphatic heterocycles. The number of rotatable bonds is 3. The van der Waals surface area contributed by atoms with Crippen LogP contribution in [0, 0.1) is 0 Å². The fraction of sp³-hybridized carbons (Fsp3) is 0.250. The van der Waals surface area contributed by atoms with Gasteiger partial charge in [-0.2, -0.15) is 0 Å². The topological polar surface area (TPSA) is 72.5 Å². The number of hydrogen-bond acceptors (Lipinski definition) is 4. The molecule has 2 N–H and O–H groups in total. The maximum absolute atomic E-state index is 12.1. The van der Waals surface area contributed by atoms with Gasteiger partial charge < -0.3 is 5.73 Å². The summed E-state index contributed by atoms with van der Waals surface area (Å²) in [5.74, 6) is -0.0249. The van der Waals surface area contributed by atoms with Crippen LogP contribution in [-0.4, -0.2) is 20.8 Å². The van der Waals surface area contributed by atoms with E-state index in [-0.39, 0.29) is 10.7 Å². The molecule has 0 aliphatic carbocycles. The Morgan fingerprint density at radius 1 is 1.29 bits per heavy atom. The van der Waals surface area contributed by atoms with Crippen molar-refractivity contribution >= 4 is 16.1 Å². The fourth-order valence-corrected chi connectivity index (χ4v) is 3.30. The van der Waals surface area contributed by atoms with Crippen LogP contribution in [0.4, 0.5) is 0 Å². The highest BCUT2D eigenvalue weighted by Crippen LogP contribution is 2.19. The van der Waals surface area contributed by atoms with Gasteiger partial charge in [0.1, 0.15) is 6.17 Å². The van der Waals surface area contributed by atoms with Crippen molar-refractivity contribution in [3.8, 4) is 0 Å². The summed E-state index contributed by atoms with van der Waals surface area (Å²) in [5.41, 5.74) is 6.43. The Morgan fingerprint density at radius 3 is 2.65 bits per heavy atom. The van der Waals surface area contributed by atoms with Crippen LogP contribution in [0.15, 0.2) is 46.3 Å². The first-order chi connectivity index (χ1) is 8.09. The van der Waals surface area contributed by atoms with Gasteiger partial charge in [-0.25, -0.2) is 8.42 Å². The van der Waals surface area contributed by atoms with Gasteiger partial charge in [-0.3, -0.25) is 4.99 Å². The SMILES string of the molecule is NC1N=CCC=C1S(=O)(=O)Cc1ccccc1. The summed E-state index contributed by atoms with van der Waals surface area (Å²) in [6.07, 6.45) is 3.04. The lowest BCUT2D eigenvalue weighted by molar-refractivity contribution is 0.596. The van der Waals surface area contributed by atoms with Crippen molar-refractivity contribution in [3.63, 3.8) is 0 Å². The van der Waals surface area contributed by atoms with Crippen molar-refractivity contribution in [3.05, 3.63) is 46.9 Å². The van der Waals surface area contributed by atoms with Crippen LogP contribution in [0.3, 0.4) is 0 Å².